The minimum atomic E-state index is -0.410. The van der Waals surface area contributed by atoms with Crippen molar-refractivity contribution < 1.29 is 9.90 Å². The molecule has 1 unspecified atom stereocenters. The molecule has 102 valence electrons. The highest BCUT2D eigenvalue weighted by molar-refractivity contribution is 5.76. The maximum absolute atomic E-state index is 12.3. The van der Waals surface area contributed by atoms with Crippen molar-refractivity contribution in [3.05, 3.63) is 0 Å². The molecule has 3 nitrogen and oxygen atoms in total. The van der Waals surface area contributed by atoms with E-state index in [0.717, 1.165) is 45.2 Å². The Morgan fingerprint density at radius 3 is 2.56 bits per heavy atom. The Hall–Kier alpha value is -0.570. The Balaban J connectivity index is 1.53. The fraction of sp³-hybridized carbons (Fsp3) is 0.933. The SMILES string of the molecule is O=C(CC1CCCC1)N1CCCC(C2(O)CC2)C1. The number of nitrogens with zero attached hydrogens (tertiary/aromatic N) is 1. The Morgan fingerprint density at radius 2 is 1.89 bits per heavy atom. The number of rotatable bonds is 3. The Morgan fingerprint density at radius 1 is 1.17 bits per heavy atom. The average Bonchev–Trinajstić information content (AvgIpc) is 2.93. The van der Waals surface area contributed by atoms with Crippen LogP contribution in [0, 0.1) is 11.8 Å². The molecule has 3 rings (SSSR count). The quantitative estimate of drug-likeness (QED) is 0.836. The molecule has 3 heteroatoms. The predicted octanol–water partition coefficient (Wildman–Crippen LogP) is 2.33. The molecule has 0 aromatic rings. The van der Waals surface area contributed by atoms with Gasteiger partial charge >= 0.3 is 0 Å². The van der Waals surface area contributed by atoms with Crippen LogP contribution >= 0.6 is 0 Å². The summed E-state index contributed by atoms with van der Waals surface area (Å²) in [6.45, 7) is 1.72. The summed E-state index contributed by atoms with van der Waals surface area (Å²) in [6, 6.07) is 0. The zero-order valence-electron chi connectivity index (χ0n) is 11.2. The van der Waals surface area contributed by atoms with Crippen LogP contribution in [0.4, 0.5) is 0 Å². The second kappa shape index (κ2) is 4.84. The van der Waals surface area contributed by atoms with Crippen molar-refractivity contribution in [2.75, 3.05) is 13.1 Å². The van der Waals surface area contributed by atoms with Crippen LogP contribution in [0.15, 0.2) is 0 Å². The molecule has 0 radical (unpaired) electrons. The Labute approximate surface area is 110 Å². The van der Waals surface area contributed by atoms with Crippen LogP contribution in [0.5, 0.6) is 0 Å². The van der Waals surface area contributed by atoms with Gasteiger partial charge in [-0.25, -0.2) is 0 Å². The van der Waals surface area contributed by atoms with Gasteiger partial charge in [0.2, 0.25) is 5.91 Å². The van der Waals surface area contributed by atoms with Crippen LogP contribution in [0.25, 0.3) is 0 Å². The predicted molar refractivity (Wildman–Crippen MR) is 70.1 cm³/mol. The van der Waals surface area contributed by atoms with Gasteiger partial charge in [-0.1, -0.05) is 12.8 Å². The van der Waals surface area contributed by atoms with Gasteiger partial charge in [0.1, 0.15) is 0 Å². The van der Waals surface area contributed by atoms with Crippen LogP contribution in [0.1, 0.15) is 57.8 Å². The highest BCUT2D eigenvalue weighted by atomic mass is 16.3. The third kappa shape index (κ3) is 2.56. The topological polar surface area (TPSA) is 40.5 Å². The Kier molecular flexibility index (Phi) is 3.35. The second-order valence-corrected chi connectivity index (χ2v) is 6.64. The fourth-order valence-electron chi connectivity index (χ4n) is 3.77. The molecule has 3 aliphatic rings. The summed E-state index contributed by atoms with van der Waals surface area (Å²) < 4.78 is 0. The molecule has 0 spiro atoms. The molecule has 2 aliphatic carbocycles. The van der Waals surface area contributed by atoms with Crippen molar-refractivity contribution in [1.29, 1.82) is 0 Å². The van der Waals surface area contributed by atoms with E-state index in [4.69, 9.17) is 0 Å². The van der Waals surface area contributed by atoms with Crippen molar-refractivity contribution >= 4 is 5.91 Å². The van der Waals surface area contributed by atoms with Gasteiger partial charge in [0.15, 0.2) is 0 Å². The number of likely N-dealkylation sites (tertiary alicyclic amines) is 1. The first-order valence-electron chi connectivity index (χ1n) is 7.67. The van der Waals surface area contributed by atoms with E-state index < -0.39 is 5.60 Å². The molecule has 2 saturated carbocycles. The number of aliphatic hydroxyl groups is 1. The normalized spacial score (nSPS) is 31.6. The standard InChI is InChI=1S/C15H25NO2/c17-14(10-12-4-1-2-5-12)16-9-3-6-13(11-16)15(18)7-8-15/h12-13,18H,1-11H2. The summed E-state index contributed by atoms with van der Waals surface area (Å²) in [6.07, 6.45) is 9.92. The van der Waals surface area contributed by atoms with E-state index in [1.165, 1.54) is 25.7 Å². The molecule has 18 heavy (non-hydrogen) atoms. The summed E-state index contributed by atoms with van der Waals surface area (Å²) in [4.78, 5) is 14.3. The first kappa shape index (κ1) is 12.5. The van der Waals surface area contributed by atoms with E-state index in [0.29, 0.717) is 17.7 Å². The van der Waals surface area contributed by atoms with Gasteiger partial charge < -0.3 is 10.0 Å². The highest BCUT2D eigenvalue weighted by Crippen LogP contribution is 2.45. The van der Waals surface area contributed by atoms with Crippen LogP contribution < -0.4 is 0 Å². The zero-order valence-corrected chi connectivity index (χ0v) is 11.2. The zero-order chi connectivity index (χ0) is 12.6. The maximum Gasteiger partial charge on any atom is 0.222 e. The van der Waals surface area contributed by atoms with E-state index in [9.17, 15) is 9.90 Å². The maximum atomic E-state index is 12.3. The third-order valence-corrected chi connectivity index (χ3v) is 5.23. The molecule has 1 heterocycles. The van der Waals surface area contributed by atoms with Gasteiger partial charge in [0.25, 0.3) is 0 Å². The van der Waals surface area contributed by atoms with Gasteiger partial charge in [0, 0.05) is 25.4 Å². The molecule has 1 saturated heterocycles. The molecule has 0 aromatic carbocycles. The Bertz CT molecular complexity index is 318. The van der Waals surface area contributed by atoms with Gasteiger partial charge in [0.05, 0.1) is 5.60 Å². The molecule has 1 amide bonds. The third-order valence-electron chi connectivity index (χ3n) is 5.23. The van der Waals surface area contributed by atoms with Crippen LogP contribution in [-0.2, 0) is 4.79 Å². The molecule has 1 atom stereocenters. The summed E-state index contributed by atoms with van der Waals surface area (Å²) in [5.74, 6) is 1.33. The number of carbonyl (C=O) groups excluding carboxylic acids is 1. The van der Waals surface area contributed by atoms with Gasteiger partial charge in [-0.2, -0.15) is 0 Å². The number of piperidine rings is 1. The lowest BCUT2D eigenvalue weighted by Gasteiger charge is -2.36. The van der Waals surface area contributed by atoms with Crippen LogP contribution in [0.2, 0.25) is 0 Å². The van der Waals surface area contributed by atoms with Crippen molar-refractivity contribution in [3.63, 3.8) is 0 Å². The monoisotopic (exact) mass is 251 g/mol. The van der Waals surface area contributed by atoms with E-state index in [1.54, 1.807) is 0 Å². The van der Waals surface area contributed by atoms with Crippen LogP contribution in [-0.4, -0.2) is 34.6 Å². The molecular weight excluding hydrogens is 226 g/mol. The number of hydrogen-bond donors (Lipinski definition) is 1. The summed E-state index contributed by atoms with van der Waals surface area (Å²) in [7, 11) is 0. The molecule has 0 bridgehead atoms. The largest absolute Gasteiger partial charge is 0.390 e. The molecular formula is C15H25NO2. The first-order chi connectivity index (χ1) is 8.67. The molecule has 0 aromatic heterocycles. The van der Waals surface area contributed by atoms with Crippen molar-refractivity contribution in [2.45, 2.75) is 63.4 Å². The van der Waals surface area contributed by atoms with Crippen molar-refractivity contribution in [2.24, 2.45) is 11.8 Å². The van der Waals surface area contributed by atoms with Crippen molar-refractivity contribution in [1.82, 2.24) is 4.90 Å². The lowest BCUT2D eigenvalue weighted by atomic mass is 9.90. The number of carbonyl (C=O) groups is 1. The molecule has 1 N–H and O–H groups in total. The molecule has 3 fully saturated rings. The van der Waals surface area contributed by atoms with E-state index in [2.05, 4.69) is 0 Å². The number of hydrogen-bond acceptors (Lipinski definition) is 2. The fourth-order valence-corrected chi connectivity index (χ4v) is 3.77. The number of amides is 1. The van der Waals surface area contributed by atoms with Gasteiger partial charge in [-0.05, 0) is 44.4 Å². The highest BCUT2D eigenvalue weighted by Gasteiger charge is 2.49. The first-order valence-corrected chi connectivity index (χ1v) is 7.67. The van der Waals surface area contributed by atoms with Crippen molar-refractivity contribution in [3.8, 4) is 0 Å². The lowest BCUT2D eigenvalue weighted by molar-refractivity contribution is -0.135. The van der Waals surface area contributed by atoms with E-state index >= 15 is 0 Å². The minimum Gasteiger partial charge on any atom is -0.390 e. The smallest absolute Gasteiger partial charge is 0.222 e. The second-order valence-electron chi connectivity index (χ2n) is 6.64. The summed E-state index contributed by atoms with van der Waals surface area (Å²) in [5, 5.41) is 10.2. The van der Waals surface area contributed by atoms with E-state index in [-0.39, 0.29) is 0 Å². The van der Waals surface area contributed by atoms with Crippen LogP contribution in [0.3, 0.4) is 0 Å². The lowest BCUT2D eigenvalue weighted by Crippen LogP contribution is -2.44. The average molecular weight is 251 g/mol. The summed E-state index contributed by atoms with van der Waals surface area (Å²) >= 11 is 0. The van der Waals surface area contributed by atoms with Gasteiger partial charge in [-0.3, -0.25) is 4.79 Å². The minimum absolute atomic E-state index is 0.343. The van der Waals surface area contributed by atoms with Gasteiger partial charge in [-0.15, -0.1) is 0 Å². The summed E-state index contributed by atoms with van der Waals surface area (Å²) in [5.41, 5.74) is -0.410. The van der Waals surface area contributed by atoms with E-state index in [1.807, 2.05) is 4.90 Å². The molecule has 1 aliphatic heterocycles.